The van der Waals surface area contributed by atoms with Gasteiger partial charge >= 0.3 is 5.97 Å². The molecule has 2 aromatic heterocycles. The summed E-state index contributed by atoms with van der Waals surface area (Å²) in [4.78, 5) is 27.6. The van der Waals surface area contributed by atoms with E-state index in [-0.39, 0.29) is 11.0 Å². The highest BCUT2D eigenvalue weighted by Crippen LogP contribution is 2.31. The average molecular weight is 380 g/mol. The first kappa shape index (κ1) is 19.2. The van der Waals surface area contributed by atoms with Gasteiger partial charge in [0.1, 0.15) is 0 Å². The summed E-state index contributed by atoms with van der Waals surface area (Å²) in [5.74, 6) is -0.552. The second kappa shape index (κ2) is 8.30. The molecular formula is C16H20N4O3S2. The van der Waals surface area contributed by atoms with Crippen molar-refractivity contribution in [1.82, 2.24) is 15.2 Å². The van der Waals surface area contributed by atoms with Crippen molar-refractivity contribution >= 4 is 40.0 Å². The number of rotatable bonds is 8. The van der Waals surface area contributed by atoms with Crippen LogP contribution in [0.25, 0.3) is 0 Å². The maximum atomic E-state index is 12.7. The number of H-pyrrole nitrogens is 1. The summed E-state index contributed by atoms with van der Waals surface area (Å²) in [5, 5.41) is 11.5. The second-order valence-corrected chi connectivity index (χ2v) is 7.85. The normalized spacial score (nSPS) is 11.8. The van der Waals surface area contributed by atoms with E-state index in [9.17, 15) is 9.59 Å². The number of carbonyl (C=O) groups is 2. The van der Waals surface area contributed by atoms with Crippen molar-refractivity contribution < 1.29 is 14.3 Å². The average Bonchev–Trinajstić information content (AvgIpc) is 3.15. The number of methoxy groups -OCH3 is 1. The molecule has 2 rings (SSSR count). The van der Waals surface area contributed by atoms with Crippen LogP contribution in [0.3, 0.4) is 0 Å². The number of carbonyl (C=O) groups excluding carboxylic acids is 2. The predicted octanol–water partition coefficient (Wildman–Crippen LogP) is 3.23. The number of aromatic nitrogens is 3. The quantitative estimate of drug-likeness (QED) is 0.314. The molecular weight excluding hydrogens is 360 g/mol. The number of nitrogens with zero attached hydrogens (tertiary/aromatic N) is 2. The van der Waals surface area contributed by atoms with Crippen LogP contribution in [-0.2, 0) is 4.74 Å². The number of hydrogen-bond acceptors (Lipinski definition) is 8. The molecule has 2 heterocycles. The van der Waals surface area contributed by atoms with E-state index in [2.05, 4.69) is 27.1 Å². The van der Waals surface area contributed by atoms with Gasteiger partial charge in [-0.2, -0.15) is 0 Å². The minimum atomic E-state index is -0.451. The van der Waals surface area contributed by atoms with Crippen LogP contribution < -0.4 is 5.32 Å². The number of aryl methyl sites for hydroxylation is 1. The Morgan fingerprint density at radius 2 is 2.16 bits per heavy atom. The van der Waals surface area contributed by atoms with Crippen LogP contribution in [0.15, 0.2) is 17.0 Å². The molecule has 0 radical (unpaired) electrons. The summed E-state index contributed by atoms with van der Waals surface area (Å²) in [6, 6.07) is 0. The lowest BCUT2D eigenvalue weighted by atomic mass is 10.1. The highest BCUT2D eigenvalue weighted by molar-refractivity contribution is 8.02. The molecule has 25 heavy (non-hydrogen) atoms. The zero-order valence-corrected chi connectivity index (χ0v) is 16.1. The van der Waals surface area contributed by atoms with Crippen molar-refractivity contribution in [3.8, 4) is 0 Å². The Kier molecular flexibility index (Phi) is 6.38. The Bertz CT molecular complexity index is 797. The number of ketones is 1. The topological polar surface area (TPSA) is 97.0 Å². The van der Waals surface area contributed by atoms with Gasteiger partial charge in [-0.15, -0.1) is 16.8 Å². The van der Waals surface area contributed by atoms with Crippen molar-refractivity contribution in [2.45, 2.75) is 30.4 Å². The summed E-state index contributed by atoms with van der Waals surface area (Å²) in [5.41, 5.74) is 2.06. The summed E-state index contributed by atoms with van der Waals surface area (Å²) in [6.07, 6.45) is 1.73. The van der Waals surface area contributed by atoms with E-state index in [1.54, 1.807) is 26.8 Å². The zero-order chi connectivity index (χ0) is 18.6. The van der Waals surface area contributed by atoms with E-state index >= 15 is 0 Å². The molecule has 0 aliphatic rings. The van der Waals surface area contributed by atoms with Gasteiger partial charge < -0.3 is 15.0 Å². The van der Waals surface area contributed by atoms with Gasteiger partial charge in [0.2, 0.25) is 5.13 Å². The third-order valence-corrected chi connectivity index (χ3v) is 5.59. The molecule has 0 aliphatic heterocycles. The van der Waals surface area contributed by atoms with Crippen molar-refractivity contribution in [3.63, 3.8) is 0 Å². The van der Waals surface area contributed by atoms with E-state index in [0.717, 1.165) is 0 Å². The molecule has 0 spiro atoms. The Morgan fingerprint density at radius 1 is 1.44 bits per heavy atom. The Hall–Kier alpha value is -2.13. The molecule has 1 atom stereocenters. The van der Waals surface area contributed by atoms with E-state index in [1.165, 1.54) is 30.2 Å². The van der Waals surface area contributed by atoms with Gasteiger partial charge in [-0.05, 0) is 26.3 Å². The largest absolute Gasteiger partial charge is 0.465 e. The third-order valence-electron chi connectivity index (χ3n) is 3.52. The van der Waals surface area contributed by atoms with Gasteiger partial charge in [-0.3, -0.25) is 4.79 Å². The van der Waals surface area contributed by atoms with Crippen LogP contribution in [0.4, 0.5) is 5.13 Å². The summed E-state index contributed by atoms with van der Waals surface area (Å²) in [6.45, 7) is 9.52. The number of ether oxygens (including phenoxy) is 1. The second-order valence-electron chi connectivity index (χ2n) is 5.28. The van der Waals surface area contributed by atoms with Gasteiger partial charge in [-0.25, -0.2) is 4.79 Å². The minimum Gasteiger partial charge on any atom is -0.465 e. The van der Waals surface area contributed by atoms with Gasteiger partial charge in [-0.1, -0.05) is 29.2 Å². The number of hydrogen-bond donors (Lipinski definition) is 2. The van der Waals surface area contributed by atoms with Crippen LogP contribution in [0.5, 0.6) is 0 Å². The molecule has 0 saturated carbocycles. The molecule has 0 amide bonds. The number of nitrogens with one attached hydrogen (secondary N) is 2. The van der Waals surface area contributed by atoms with Gasteiger partial charge in [0.15, 0.2) is 10.1 Å². The first-order chi connectivity index (χ1) is 11.9. The SMILES string of the molecule is C=CCNc1nnc(SC(C)C(=O)c2[nH]c(C)c(C(=O)OC)c2C)s1. The predicted molar refractivity (Wildman–Crippen MR) is 99.9 cm³/mol. The standard InChI is InChI=1S/C16H20N4O3S2/c1-6-7-17-15-19-20-16(25-15)24-10(4)13(21)12-8(2)11(9(3)18-12)14(22)23-5/h6,10,18H,1,7H2,2-5H3,(H,17,19). The van der Waals surface area contributed by atoms with Crippen molar-refractivity contribution in [3.05, 3.63) is 35.2 Å². The molecule has 2 aromatic rings. The van der Waals surface area contributed by atoms with E-state index < -0.39 is 5.97 Å². The van der Waals surface area contributed by atoms with E-state index in [0.29, 0.717) is 38.5 Å². The monoisotopic (exact) mass is 380 g/mol. The van der Waals surface area contributed by atoms with Crippen molar-refractivity contribution in [1.29, 1.82) is 0 Å². The lowest BCUT2D eigenvalue weighted by Gasteiger charge is -2.07. The van der Waals surface area contributed by atoms with Crippen LogP contribution in [0.2, 0.25) is 0 Å². The molecule has 0 aromatic carbocycles. The van der Waals surface area contributed by atoms with Gasteiger partial charge in [0, 0.05) is 12.2 Å². The van der Waals surface area contributed by atoms with Crippen LogP contribution in [0.1, 0.15) is 39.0 Å². The lowest BCUT2D eigenvalue weighted by Crippen LogP contribution is -2.15. The van der Waals surface area contributed by atoms with Gasteiger partial charge in [0.25, 0.3) is 0 Å². The first-order valence-electron chi connectivity index (χ1n) is 7.55. The molecule has 0 fully saturated rings. The van der Waals surface area contributed by atoms with Crippen molar-refractivity contribution in [2.24, 2.45) is 0 Å². The lowest BCUT2D eigenvalue weighted by molar-refractivity contribution is 0.0599. The molecule has 2 N–H and O–H groups in total. The summed E-state index contributed by atoms with van der Waals surface area (Å²) < 4.78 is 5.47. The molecule has 7 nitrogen and oxygen atoms in total. The Morgan fingerprint density at radius 3 is 2.80 bits per heavy atom. The fraction of sp³-hybridized carbons (Fsp3) is 0.375. The van der Waals surface area contributed by atoms with E-state index in [1.807, 2.05) is 0 Å². The molecule has 0 saturated heterocycles. The third kappa shape index (κ3) is 4.29. The number of thioether (sulfide) groups is 1. The summed E-state index contributed by atoms with van der Waals surface area (Å²) >= 11 is 2.71. The Balaban J connectivity index is 2.13. The highest BCUT2D eigenvalue weighted by atomic mass is 32.2. The molecule has 1 unspecified atom stereocenters. The highest BCUT2D eigenvalue weighted by Gasteiger charge is 2.26. The fourth-order valence-corrected chi connectivity index (χ4v) is 4.26. The maximum Gasteiger partial charge on any atom is 0.339 e. The minimum absolute atomic E-state index is 0.100. The first-order valence-corrected chi connectivity index (χ1v) is 9.25. The molecule has 0 bridgehead atoms. The molecule has 0 aliphatic carbocycles. The number of anilines is 1. The summed E-state index contributed by atoms with van der Waals surface area (Å²) in [7, 11) is 1.32. The van der Waals surface area contributed by atoms with E-state index in [4.69, 9.17) is 4.74 Å². The van der Waals surface area contributed by atoms with Gasteiger partial charge in [0.05, 0.1) is 23.6 Å². The van der Waals surface area contributed by atoms with Crippen LogP contribution in [-0.4, -0.2) is 45.8 Å². The smallest absolute Gasteiger partial charge is 0.339 e. The van der Waals surface area contributed by atoms with Crippen LogP contribution in [0, 0.1) is 13.8 Å². The molecule has 9 heteroatoms. The van der Waals surface area contributed by atoms with Crippen LogP contribution >= 0.6 is 23.1 Å². The maximum absolute atomic E-state index is 12.7. The number of aromatic amines is 1. The molecule has 134 valence electrons. The zero-order valence-electron chi connectivity index (χ0n) is 14.5. The Labute approximate surface area is 154 Å². The fourth-order valence-electron chi connectivity index (χ4n) is 2.30. The number of esters is 1. The van der Waals surface area contributed by atoms with Crippen molar-refractivity contribution in [2.75, 3.05) is 19.0 Å². The number of Topliss-reactive ketones (excluding diaryl/α,β-unsaturated/α-hetero) is 1.